The van der Waals surface area contributed by atoms with E-state index in [9.17, 15) is 24.5 Å². The summed E-state index contributed by atoms with van der Waals surface area (Å²) in [6.45, 7) is -5.26. The minimum absolute atomic E-state index is 0.0310. The topological polar surface area (TPSA) is 235 Å². The van der Waals surface area contributed by atoms with E-state index in [0.29, 0.717) is 0 Å². The van der Waals surface area contributed by atoms with Gasteiger partial charge in [0.05, 0.1) is 12.9 Å². The number of fused-ring (bicyclic) bond motifs is 1. The molecule has 18 heteroatoms. The van der Waals surface area contributed by atoms with Crippen LogP contribution in [0.5, 0.6) is 0 Å². The van der Waals surface area contributed by atoms with Crippen LogP contribution in [0, 0.1) is 0 Å². The summed E-state index contributed by atoms with van der Waals surface area (Å²) < 4.78 is 26.7. The molecule has 0 aliphatic carbocycles. The van der Waals surface area contributed by atoms with Gasteiger partial charge in [-0.3, -0.25) is 18.9 Å². The van der Waals surface area contributed by atoms with Crippen LogP contribution in [0.25, 0.3) is 11.2 Å². The van der Waals surface area contributed by atoms with Gasteiger partial charge in [-0.15, -0.1) is 0 Å². The van der Waals surface area contributed by atoms with Crippen LogP contribution in [0.2, 0.25) is 0 Å². The maximum absolute atomic E-state index is 11.8. The van der Waals surface area contributed by atoms with Gasteiger partial charge in [-0.05, 0) is 11.8 Å². The van der Waals surface area contributed by atoms with Crippen molar-refractivity contribution in [3.8, 4) is 0 Å². The predicted octanol–water partition coefficient (Wildman–Crippen LogP) is -2.34. The Hall–Kier alpha value is -1.29. The van der Waals surface area contributed by atoms with E-state index in [2.05, 4.69) is 35.6 Å². The zero-order valence-corrected chi connectivity index (χ0v) is 16.2. The van der Waals surface area contributed by atoms with Gasteiger partial charge < -0.3 is 35.4 Å². The molecule has 8 N–H and O–H groups in total. The van der Waals surface area contributed by atoms with Crippen LogP contribution in [0.15, 0.2) is 11.1 Å². The number of aliphatic hydroxyl groups is 2. The van der Waals surface area contributed by atoms with Gasteiger partial charge in [0, 0.05) is 0 Å². The van der Waals surface area contributed by atoms with E-state index in [-0.39, 0.29) is 17.1 Å². The number of phosphoric ester groups is 1. The van der Waals surface area contributed by atoms with Gasteiger partial charge in [0.15, 0.2) is 17.4 Å². The van der Waals surface area contributed by atoms with Crippen molar-refractivity contribution in [2.24, 2.45) is 0 Å². The number of nitrogens with two attached hydrogens (primary N) is 1. The molecular weight excluding hydrogens is 444 g/mol. The molecule has 1 fully saturated rings. The van der Waals surface area contributed by atoms with E-state index in [1.54, 1.807) is 0 Å². The lowest BCUT2D eigenvalue weighted by atomic mass is 10.1. The minimum atomic E-state index is -4.97. The van der Waals surface area contributed by atoms with Crippen LogP contribution < -0.4 is 11.3 Å². The molecule has 0 amide bonds. The molecule has 156 valence electrons. The molecule has 5 atom stereocenters. The first-order valence-corrected chi connectivity index (χ1v) is 11.5. The number of ether oxygens (including phenoxy) is 1. The zero-order chi connectivity index (χ0) is 20.9. The second-order valence-electron chi connectivity index (χ2n) is 5.66. The number of rotatable bonds is 6. The van der Waals surface area contributed by atoms with Crippen LogP contribution in [0.1, 0.15) is 6.23 Å². The Labute approximate surface area is 160 Å². The zero-order valence-electron chi connectivity index (χ0n) is 13.6. The minimum Gasteiger partial charge on any atom is -0.387 e. The summed E-state index contributed by atoms with van der Waals surface area (Å²) in [5.74, 6) is -0.214. The summed E-state index contributed by atoms with van der Waals surface area (Å²) in [5, 5.41) is 20.3. The molecule has 3 heterocycles. The number of nitrogens with one attached hydrogen (secondary N) is 1. The first-order valence-electron chi connectivity index (χ1n) is 7.36. The Morgan fingerprint density at radius 2 is 2.04 bits per heavy atom. The highest BCUT2D eigenvalue weighted by molar-refractivity contribution is 8.08. The van der Waals surface area contributed by atoms with Gasteiger partial charge in [0.1, 0.15) is 18.3 Å². The second kappa shape index (κ2) is 7.51. The van der Waals surface area contributed by atoms with Crippen LogP contribution in [-0.4, -0.2) is 69.3 Å². The maximum atomic E-state index is 11.8. The fraction of sp³-hybridized carbons (Fsp3) is 0.500. The lowest BCUT2D eigenvalue weighted by Crippen LogP contribution is -2.33. The Kier molecular flexibility index (Phi) is 5.75. The van der Waals surface area contributed by atoms with E-state index < -0.39 is 51.2 Å². The molecule has 1 saturated heterocycles. The first-order chi connectivity index (χ1) is 12.9. The number of nitrogens with zero attached hydrogens (tertiary/aromatic N) is 3. The van der Waals surface area contributed by atoms with Gasteiger partial charge in [0.2, 0.25) is 5.95 Å². The van der Waals surface area contributed by atoms with Crippen molar-refractivity contribution in [1.82, 2.24) is 19.5 Å². The fourth-order valence-electron chi connectivity index (χ4n) is 2.55. The first kappa shape index (κ1) is 21.4. The summed E-state index contributed by atoms with van der Waals surface area (Å²) in [7, 11) is -4.97. The molecule has 0 radical (unpaired) electrons. The summed E-state index contributed by atoms with van der Waals surface area (Å²) in [4.78, 5) is 49.0. The van der Waals surface area contributed by atoms with Gasteiger partial charge in [-0.2, -0.15) is 4.98 Å². The van der Waals surface area contributed by atoms with Crippen molar-refractivity contribution in [3.05, 3.63) is 16.7 Å². The van der Waals surface area contributed by atoms with E-state index in [1.165, 1.54) is 0 Å². The molecule has 3 unspecified atom stereocenters. The molecule has 0 spiro atoms. The van der Waals surface area contributed by atoms with E-state index in [1.807, 2.05) is 0 Å². The van der Waals surface area contributed by atoms with E-state index >= 15 is 0 Å². The molecule has 2 aromatic rings. The molecule has 2 aromatic heterocycles. The predicted molar refractivity (Wildman–Crippen MR) is 94.1 cm³/mol. The number of aromatic nitrogens is 4. The number of anilines is 1. The molecule has 0 saturated carbocycles. The molecule has 15 nitrogen and oxygen atoms in total. The molecular formula is C10H15N5O10P2S. The molecule has 1 aliphatic rings. The number of nitrogen functional groups attached to an aromatic ring is 1. The third kappa shape index (κ3) is 4.48. The van der Waals surface area contributed by atoms with Crippen molar-refractivity contribution in [2.45, 2.75) is 24.5 Å². The molecule has 1 aliphatic heterocycles. The number of phosphoric acid groups is 1. The monoisotopic (exact) mass is 459 g/mol. The Balaban J connectivity index is 1.79. The lowest BCUT2D eigenvalue weighted by Gasteiger charge is -2.18. The number of aliphatic hydroxyl groups excluding tert-OH is 2. The van der Waals surface area contributed by atoms with Gasteiger partial charge in [0.25, 0.3) is 5.56 Å². The average molecular weight is 459 g/mol. The van der Waals surface area contributed by atoms with E-state index in [4.69, 9.17) is 20.3 Å². The normalized spacial score (nSPS) is 27.9. The molecule has 28 heavy (non-hydrogen) atoms. The lowest BCUT2D eigenvalue weighted by molar-refractivity contribution is -0.0502. The van der Waals surface area contributed by atoms with Crippen molar-refractivity contribution in [1.29, 1.82) is 0 Å². The van der Waals surface area contributed by atoms with Crippen molar-refractivity contribution >= 4 is 43.5 Å². The van der Waals surface area contributed by atoms with E-state index in [0.717, 1.165) is 10.9 Å². The summed E-state index contributed by atoms with van der Waals surface area (Å²) in [6, 6.07) is 0. The highest BCUT2D eigenvalue weighted by Gasteiger charge is 2.45. The highest BCUT2D eigenvalue weighted by Crippen LogP contribution is 2.58. The van der Waals surface area contributed by atoms with Crippen molar-refractivity contribution in [2.75, 3.05) is 12.3 Å². The Morgan fingerprint density at radius 1 is 1.36 bits per heavy atom. The largest absolute Gasteiger partial charge is 0.479 e. The molecule has 0 bridgehead atoms. The number of aromatic amines is 1. The standard InChI is InChI=1S/C10H15N5O10P2S/c11-10-13-7-4(8(18)14-10)12-2-15(7)9-6(17)5(16)3(24-9)1-23-26(19,20)25-27(21,22)28/h2-3,5-6,9,16-17H,1H2,(H,19,20)(H2,21,22,28)(H3,11,13,14,18)/t3-,5?,6?,9-/m1/s1. The van der Waals surface area contributed by atoms with Crippen molar-refractivity contribution < 1.29 is 43.0 Å². The summed E-state index contributed by atoms with van der Waals surface area (Å²) in [6.07, 6.45) is -4.65. The van der Waals surface area contributed by atoms with Gasteiger partial charge in [-0.1, -0.05) is 0 Å². The maximum Gasteiger partial charge on any atom is 0.479 e. The molecule has 3 rings (SSSR count). The quantitative estimate of drug-likeness (QED) is 0.224. The second-order valence-corrected chi connectivity index (χ2v) is 9.91. The number of hydrogen-bond acceptors (Lipinski definition) is 11. The Morgan fingerprint density at radius 3 is 2.68 bits per heavy atom. The third-order valence-electron chi connectivity index (χ3n) is 3.67. The van der Waals surface area contributed by atoms with Gasteiger partial charge in [-0.25, -0.2) is 13.9 Å². The van der Waals surface area contributed by atoms with Gasteiger partial charge >= 0.3 is 14.5 Å². The fourth-order valence-corrected chi connectivity index (χ4v) is 4.91. The smallest absolute Gasteiger partial charge is 0.387 e. The highest BCUT2D eigenvalue weighted by atomic mass is 32.5. The third-order valence-corrected chi connectivity index (χ3v) is 6.43. The SMILES string of the molecule is Nc1nc2c(ncn2[C@@H]2O[C@H](COP(=O)(O)OP(O)(O)=S)C(O)C2O)c(=O)[nH]1. The van der Waals surface area contributed by atoms with Crippen LogP contribution >= 0.6 is 14.5 Å². The van der Waals surface area contributed by atoms with Crippen molar-refractivity contribution in [3.63, 3.8) is 0 Å². The number of hydrogen-bond donors (Lipinski definition) is 7. The number of H-pyrrole nitrogens is 1. The Bertz CT molecular complexity index is 1040. The average Bonchev–Trinajstić information content (AvgIpc) is 3.06. The van der Waals surface area contributed by atoms with Crippen LogP contribution in [-0.2, 0) is 29.9 Å². The summed E-state index contributed by atoms with van der Waals surface area (Å²) in [5.41, 5.74) is 4.73. The summed E-state index contributed by atoms with van der Waals surface area (Å²) >= 11 is 4.07. The van der Waals surface area contributed by atoms with Crippen LogP contribution in [0.4, 0.5) is 5.95 Å². The molecule has 0 aromatic carbocycles. The van der Waals surface area contributed by atoms with Crippen LogP contribution in [0.3, 0.4) is 0 Å². The number of imidazole rings is 1.